The van der Waals surface area contributed by atoms with Gasteiger partial charge in [0.25, 0.3) is 10.1 Å². The normalized spacial score (nSPS) is 42.7. The molecule has 2 aliphatic heterocycles. The van der Waals surface area contributed by atoms with Gasteiger partial charge in [-0.2, -0.15) is 8.42 Å². The third kappa shape index (κ3) is 1.91. The Kier molecular flexibility index (Phi) is 2.52. The summed E-state index contributed by atoms with van der Waals surface area (Å²) in [5, 5.41) is 9.36. The van der Waals surface area contributed by atoms with Gasteiger partial charge in [0, 0.05) is 0 Å². The predicted octanol–water partition coefficient (Wildman–Crippen LogP) is -1.51. The molecule has 0 aliphatic carbocycles. The molecule has 6 nitrogen and oxygen atoms in total. The number of aliphatic hydroxyl groups excluding tert-OH is 1. The van der Waals surface area contributed by atoms with E-state index in [1.54, 1.807) is 0 Å². The maximum absolute atomic E-state index is 10.9. The van der Waals surface area contributed by atoms with Gasteiger partial charge in [-0.15, -0.1) is 0 Å². The smallest absolute Gasteiger partial charge is 0.264 e. The first-order valence-corrected chi connectivity index (χ1v) is 6.08. The lowest BCUT2D eigenvalue weighted by Gasteiger charge is -2.14. The fourth-order valence-corrected chi connectivity index (χ4v) is 2.37. The first-order chi connectivity index (χ1) is 6.47. The van der Waals surface area contributed by atoms with Crippen molar-refractivity contribution in [1.29, 1.82) is 0 Å². The number of rotatable bonds is 2. The van der Waals surface area contributed by atoms with Crippen molar-refractivity contribution in [2.24, 2.45) is 0 Å². The lowest BCUT2D eigenvalue weighted by atomic mass is 10.1. The maximum Gasteiger partial charge on any atom is 0.264 e. The lowest BCUT2D eigenvalue weighted by molar-refractivity contribution is 0.00994. The zero-order valence-electron chi connectivity index (χ0n) is 7.62. The monoisotopic (exact) mass is 224 g/mol. The summed E-state index contributed by atoms with van der Waals surface area (Å²) in [6, 6.07) is 0. The summed E-state index contributed by atoms with van der Waals surface area (Å²) in [5.74, 6) is 0. The Bertz CT molecular complexity index is 312. The van der Waals surface area contributed by atoms with E-state index >= 15 is 0 Å². The molecule has 0 aromatic rings. The molecule has 0 aromatic heterocycles. The minimum Gasteiger partial charge on any atom is -0.388 e. The van der Waals surface area contributed by atoms with E-state index in [-0.39, 0.29) is 13.2 Å². The second-order valence-corrected chi connectivity index (χ2v) is 5.10. The Morgan fingerprint density at radius 1 is 1.29 bits per heavy atom. The second kappa shape index (κ2) is 3.42. The molecule has 2 heterocycles. The molecule has 2 aliphatic rings. The minimum atomic E-state index is -3.51. The van der Waals surface area contributed by atoms with Gasteiger partial charge in [0.1, 0.15) is 24.4 Å². The Morgan fingerprint density at radius 3 is 2.57 bits per heavy atom. The van der Waals surface area contributed by atoms with E-state index in [4.69, 9.17) is 13.7 Å². The van der Waals surface area contributed by atoms with Gasteiger partial charge in [0.15, 0.2) is 0 Å². The van der Waals surface area contributed by atoms with Crippen molar-refractivity contribution in [1.82, 2.24) is 0 Å². The Labute approximate surface area is 81.9 Å². The van der Waals surface area contributed by atoms with Crippen LogP contribution in [0.3, 0.4) is 0 Å². The van der Waals surface area contributed by atoms with E-state index in [1.165, 1.54) is 0 Å². The largest absolute Gasteiger partial charge is 0.388 e. The van der Waals surface area contributed by atoms with Gasteiger partial charge in [0.2, 0.25) is 0 Å². The molecular weight excluding hydrogens is 212 g/mol. The van der Waals surface area contributed by atoms with Gasteiger partial charge in [-0.25, -0.2) is 0 Å². The van der Waals surface area contributed by atoms with Gasteiger partial charge < -0.3 is 14.6 Å². The van der Waals surface area contributed by atoms with Crippen LogP contribution in [0.15, 0.2) is 0 Å². The molecule has 7 heteroatoms. The van der Waals surface area contributed by atoms with Gasteiger partial charge in [-0.05, 0) is 0 Å². The van der Waals surface area contributed by atoms with Crippen LogP contribution in [0, 0.1) is 0 Å². The van der Waals surface area contributed by atoms with E-state index in [9.17, 15) is 13.5 Å². The molecule has 82 valence electrons. The Hall–Kier alpha value is -0.210. The minimum absolute atomic E-state index is 0.138. The molecule has 2 rings (SSSR count). The average molecular weight is 224 g/mol. The Balaban J connectivity index is 2.04. The molecule has 0 spiro atoms. The molecular formula is C7H12O6S. The summed E-state index contributed by atoms with van der Waals surface area (Å²) in [6.45, 7) is 0.304. The highest BCUT2D eigenvalue weighted by Crippen LogP contribution is 2.29. The van der Waals surface area contributed by atoms with Crippen LogP contribution in [0.1, 0.15) is 0 Å². The lowest BCUT2D eigenvalue weighted by Crippen LogP contribution is -2.33. The van der Waals surface area contributed by atoms with E-state index < -0.39 is 34.5 Å². The number of fused-ring (bicyclic) bond motifs is 1. The first kappa shape index (κ1) is 10.3. The highest BCUT2D eigenvalue weighted by atomic mass is 32.2. The summed E-state index contributed by atoms with van der Waals surface area (Å²) in [4.78, 5) is 0. The predicted molar refractivity (Wildman–Crippen MR) is 45.2 cm³/mol. The molecule has 0 radical (unpaired) electrons. The maximum atomic E-state index is 10.9. The fraction of sp³-hybridized carbons (Fsp3) is 1.00. The molecule has 2 fully saturated rings. The van der Waals surface area contributed by atoms with Gasteiger partial charge in [0.05, 0.1) is 19.5 Å². The van der Waals surface area contributed by atoms with Crippen LogP contribution in [0.25, 0.3) is 0 Å². The SMILES string of the molecule is CS(=O)(=O)O[C@@H]1CO[C@H]2[C@@H]1OC[C@H]2O. The summed E-state index contributed by atoms with van der Waals surface area (Å²) >= 11 is 0. The highest BCUT2D eigenvalue weighted by Gasteiger charge is 2.48. The van der Waals surface area contributed by atoms with Gasteiger partial charge in [-0.3, -0.25) is 4.18 Å². The quantitative estimate of drug-likeness (QED) is 0.574. The number of hydrogen-bond acceptors (Lipinski definition) is 6. The van der Waals surface area contributed by atoms with Crippen molar-refractivity contribution < 1.29 is 27.2 Å². The van der Waals surface area contributed by atoms with E-state index in [2.05, 4.69) is 0 Å². The van der Waals surface area contributed by atoms with Crippen LogP contribution >= 0.6 is 0 Å². The molecule has 0 unspecified atom stereocenters. The number of aliphatic hydroxyl groups is 1. The summed E-state index contributed by atoms with van der Waals surface area (Å²) in [6.07, 6.45) is -1.27. The van der Waals surface area contributed by atoms with Crippen LogP contribution in [-0.2, 0) is 23.8 Å². The second-order valence-electron chi connectivity index (χ2n) is 3.50. The van der Waals surface area contributed by atoms with E-state index in [1.807, 2.05) is 0 Å². The van der Waals surface area contributed by atoms with Crippen molar-refractivity contribution in [3.63, 3.8) is 0 Å². The van der Waals surface area contributed by atoms with Gasteiger partial charge >= 0.3 is 0 Å². The van der Waals surface area contributed by atoms with Crippen molar-refractivity contribution >= 4 is 10.1 Å². The molecule has 1 N–H and O–H groups in total. The number of ether oxygens (including phenoxy) is 2. The molecule has 0 aromatic carbocycles. The molecule has 14 heavy (non-hydrogen) atoms. The standard InChI is InChI=1S/C7H12O6S/c1-14(9,10)13-5-3-12-6-4(8)2-11-7(5)6/h4-8H,2-3H2,1H3/t4-,5-,6-,7-/m1/s1. The number of hydrogen-bond donors (Lipinski definition) is 1. The van der Waals surface area contributed by atoms with Crippen molar-refractivity contribution in [3.05, 3.63) is 0 Å². The van der Waals surface area contributed by atoms with Crippen LogP contribution < -0.4 is 0 Å². The van der Waals surface area contributed by atoms with Crippen LogP contribution in [-0.4, -0.2) is 57.4 Å². The Morgan fingerprint density at radius 2 is 1.93 bits per heavy atom. The third-order valence-electron chi connectivity index (χ3n) is 2.28. The summed E-state index contributed by atoms with van der Waals surface area (Å²) in [7, 11) is -3.51. The molecule has 0 saturated carbocycles. The average Bonchev–Trinajstić information content (AvgIpc) is 2.55. The van der Waals surface area contributed by atoms with Crippen LogP contribution in [0.5, 0.6) is 0 Å². The van der Waals surface area contributed by atoms with E-state index in [0.29, 0.717) is 0 Å². The van der Waals surface area contributed by atoms with Gasteiger partial charge in [-0.1, -0.05) is 0 Å². The third-order valence-corrected chi connectivity index (χ3v) is 2.88. The molecule has 0 amide bonds. The van der Waals surface area contributed by atoms with Crippen LogP contribution in [0.4, 0.5) is 0 Å². The van der Waals surface area contributed by atoms with Crippen molar-refractivity contribution in [2.75, 3.05) is 19.5 Å². The van der Waals surface area contributed by atoms with E-state index in [0.717, 1.165) is 6.26 Å². The first-order valence-electron chi connectivity index (χ1n) is 4.27. The fourth-order valence-electron chi connectivity index (χ4n) is 1.75. The van der Waals surface area contributed by atoms with Crippen molar-refractivity contribution in [3.8, 4) is 0 Å². The summed E-state index contributed by atoms with van der Waals surface area (Å²) in [5.41, 5.74) is 0. The molecule has 4 atom stereocenters. The molecule has 0 bridgehead atoms. The van der Waals surface area contributed by atoms with Crippen LogP contribution in [0.2, 0.25) is 0 Å². The van der Waals surface area contributed by atoms with Crippen molar-refractivity contribution in [2.45, 2.75) is 24.4 Å². The zero-order chi connectivity index (χ0) is 10.3. The topological polar surface area (TPSA) is 82.1 Å². The molecule has 2 saturated heterocycles. The zero-order valence-corrected chi connectivity index (χ0v) is 8.44. The highest BCUT2D eigenvalue weighted by molar-refractivity contribution is 7.86. The summed E-state index contributed by atoms with van der Waals surface area (Å²) < 4.78 is 36.9.